The third-order valence-corrected chi connectivity index (χ3v) is 3.20. The monoisotopic (exact) mass is 296 g/mol. The zero-order valence-corrected chi connectivity index (χ0v) is 12.7. The van der Waals surface area contributed by atoms with Gasteiger partial charge < -0.3 is 9.52 Å². The first-order valence-electron chi connectivity index (χ1n) is 7.45. The van der Waals surface area contributed by atoms with Gasteiger partial charge in [0.05, 0.1) is 5.39 Å². The van der Waals surface area contributed by atoms with Gasteiger partial charge in [0.25, 0.3) is 0 Å². The van der Waals surface area contributed by atoms with Crippen LogP contribution in [0.5, 0.6) is 0 Å². The molecule has 3 aromatic rings. The summed E-state index contributed by atoms with van der Waals surface area (Å²) >= 11 is 0. The first-order valence-corrected chi connectivity index (χ1v) is 7.45. The molecule has 0 atom stereocenters. The topological polar surface area (TPSA) is 50.4 Å². The lowest BCUT2D eigenvalue weighted by Gasteiger charge is -2.02. The largest absolute Gasteiger partial charge is 0.456 e. The van der Waals surface area contributed by atoms with E-state index in [-0.39, 0.29) is 5.43 Å². The Morgan fingerprint density at radius 2 is 1.68 bits per heavy atom. The quantitative estimate of drug-likeness (QED) is 0.786. The highest BCUT2D eigenvalue weighted by Crippen LogP contribution is 2.21. The van der Waals surface area contributed by atoms with Gasteiger partial charge in [0.2, 0.25) is 0 Å². The lowest BCUT2D eigenvalue weighted by molar-refractivity contribution is 0.287. The Balaban J connectivity index is 0.000000309. The Bertz CT molecular complexity index is 758. The third kappa shape index (κ3) is 4.06. The van der Waals surface area contributed by atoms with Gasteiger partial charge in [0, 0.05) is 18.2 Å². The molecule has 0 bridgehead atoms. The van der Waals surface area contributed by atoms with Crippen molar-refractivity contribution in [1.29, 1.82) is 0 Å². The molecule has 114 valence electrons. The molecule has 0 aliphatic rings. The van der Waals surface area contributed by atoms with Gasteiger partial charge >= 0.3 is 0 Å². The highest BCUT2D eigenvalue weighted by atomic mass is 16.3. The molecule has 1 aromatic heterocycles. The second kappa shape index (κ2) is 8.15. The van der Waals surface area contributed by atoms with Gasteiger partial charge in [-0.05, 0) is 18.6 Å². The maximum absolute atomic E-state index is 11.9. The molecule has 22 heavy (non-hydrogen) atoms. The van der Waals surface area contributed by atoms with Gasteiger partial charge in [-0.3, -0.25) is 4.79 Å². The summed E-state index contributed by atoms with van der Waals surface area (Å²) in [6.07, 6.45) is 2.04. The summed E-state index contributed by atoms with van der Waals surface area (Å²) < 4.78 is 5.73. The fourth-order valence-electron chi connectivity index (χ4n) is 2.01. The highest BCUT2D eigenvalue weighted by Gasteiger charge is 2.05. The zero-order chi connectivity index (χ0) is 15.8. The van der Waals surface area contributed by atoms with Crippen molar-refractivity contribution in [1.82, 2.24) is 0 Å². The Morgan fingerprint density at radius 1 is 1.00 bits per heavy atom. The second-order valence-electron chi connectivity index (χ2n) is 4.91. The van der Waals surface area contributed by atoms with Crippen molar-refractivity contribution in [2.75, 3.05) is 6.61 Å². The second-order valence-corrected chi connectivity index (χ2v) is 4.91. The summed E-state index contributed by atoms with van der Waals surface area (Å²) in [6, 6.07) is 18.4. The number of aliphatic hydroxyl groups is 1. The number of benzene rings is 2. The molecule has 0 unspecified atom stereocenters. The smallest absolute Gasteiger partial charge is 0.193 e. The van der Waals surface area contributed by atoms with E-state index >= 15 is 0 Å². The van der Waals surface area contributed by atoms with Crippen molar-refractivity contribution < 1.29 is 9.52 Å². The molecule has 0 fully saturated rings. The van der Waals surface area contributed by atoms with Crippen molar-refractivity contribution in [3.8, 4) is 11.3 Å². The predicted octanol–water partition coefficient (Wildman–Crippen LogP) is 4.24. The Hall–Kier alpha value is -2.39. The van der Waals surface area contributed by atoms with Crippen molar-refractivity contribution >= 4 is 11.0 Å². The maximum Gasteiger partial charge on any atom is 0.193 e. The van der Waals surface area contributed by atoms with E-state index in [4.69, 9.17) is 9.52 Å². The molecule has 0 radical (unpaired) electrons. The summed E-state index contributed by atoms with van der Waals surface area (Å²) in [7, 11) is 0. The fourth-order valence-corrected chi connectivity index (χ4v) is 2.01. The molecule has 0 saturated heterocycles. The summed E-state index contributed by atoms with van der Waals surface area (Å²) in [5, 5.41) is 8.68. The lowest BCUT2D eigenvalue weighted by Crippen LogP contribution is -1.99. The van der Waals surface area contributed by atoms with E-state index in [1.807, 2.05) is 48.5 Å². The molecular formula is C19H20O3. The molecule has 2 aromatic carbocycles. The van der Waals surface area contributed by atoms with Crippen LogP contribution in [0.15, 0.2) is 69.9 Å². The molecule has 0 saturated carbocycles. The van der Waals surface area contributed by atoms with Crippen molar-refractivity contribution in [2.24, 2.45) is 0 Å². The van der Waals surface area contributed by atoms with Crippen molar-refractivity contribution in [2.45, 2.75) is 19.8 Å². The Kier molecular flexibility index (Phi) is 5.92. The first kappa shape index (κ1) is 16.0. The van der Waals surface area contributed by atoms with E-state index in [0.29, 0.717) is 23.3 Å². The number of rotatable bonds is 3. The molecule has 3 rings (SSSR count). The van der Waals surface area contributed by atoms with Crippen LogP contribution in [0.1, 0.15) is 19.8 Å². The summed E-state index contributed by atoms with van der Waals surface area (Å²) in [4.78, 5) is 11.9. The van der Waals surface area contributed by atoms with Crippen LogP contribution in [0.3, 0.4) is 0 Å². The number of unbranched alkanes of at least 4 members (excludes halogenated alkanes) is 1. The van der Waals surface area contributed by atoms with Crippen LogP contribution in [0.2, 0.25) is 0 Å². The normalized spacial score (nSPS) is 10.1. The molecule has 0 aliphatic heterocycles. The van der Waals surface area contributed by atoms with E-state index < -0.39 is 0 Å². The molecule has 1 N–H and O–H groups in total. The molecule has 3 heteroatoms. The van der Waals surface area contributed by atoms with Crippen LogP contribution in [0.4, 0.5) is 0 Å². The van der Waals surface area contributed by atoms with Crippen molar-refractivity contribution in [3.05, 3.63) is 70.9 Å². The summed E-state index contributed by atoms with van der Waals surface area (Å²) in [6.45, 7) is 2.40. The summed E-state index contributed by atoms with van der Waals surface area (Å²) in [5.41, 5.74) is 1.53. The molecule has 0 amide bonds. The number of hydrogen-bond donors (Lipinski definition) is 1. The number of fused-ring (bicyclic) bond motifs is 1. The van der Waals surface area contributed by atoms with Crippen molar-refractivity contribution in [3.63, 3.8) is 0 Å². The lowest BCUT2D eigenvalue weighted by atomic mass is 10.1. The predicted molar refractivity (Wildman–Crippen MR) is 89.9 cm³/mol. The molecular weight excluding hydrogens is 276 g/mol. The van der Waals surface area contributed by atoms with E-state index in [1.165, 1.54) is 6.07 Å². The van der Waals surface area contributed by atoms with Crippen LogP contribution in [0, 0.1) is 0 Å². The van der Waals surface area contributed by atoms with Crippen LogP contribution in [-0.2, 0) is 0 Å². The fraction of sp³-hybridized carbons (Fsp3) is 0.211. The third-order valence-electron chi connectivity index (χ3n) is 3.20. The van der Waals surface area contributed by atoms with Gasteiger partial charge in [-0.1, -0.05) is 55.8 Å². The highest BCUT2D eigenvalue weighted by molar-refractivity contribution is 5.78. The SMILES string of the molecule is CCCCO.O=c1cc(-c2ccccc2)oc2ccccc12. The molecule has 0 aliphatic carbocycles. The molecule has 3 nitrogen and oxygen atoms in total. The minimum atomic E-state index is -0.00861. The minimum Gasteiger partial charge on any atom is -0.456 e. The average molecular weight is 296 g/mol. The van der Waals surface area contributed by atoms with E-state index in [2.05, 4.69) is 6.92 Å². The number of hydrogen-bond acceptors (Lipinski definition) is 3. The summed E-state index contributed by atoms with van der Waals surface area (Å²) in [5.74, 6) is 0.606. The van der Waals surface area contributed by atoms with Crippen LogP contribution < -0.4 is 5.43 Å². The van der Waals surface area contributed by atoms with Gasteiger partial charge in [-0.15, -0.1) is 0 Å². The Morgan fingerprint density at radius 3 is 2.32 bits per heavy atom. The minimum absolute atomic E-state index is 0.00861. The maximum atomic E-state index is 11.9. The average Bonchev–Trinajstić information content (AvgIpc) is 2.57. The molecule has 0 spiro atoms. The van der Waals surface area contributed by atoms with E-state index in [1.54, 1.807) is 6.07 Å². The van der Waals surface area contributed by atoms with Crippen LogP contribution in [0.25, 0.3) is 22.3 Å². The van der Waals surface area contributed by atoms with Gasteiger partial charge in [-0.2, -0.15) is 0 Å². The van der Waals surface area contributed by atoms with Gasteiger partial charge in [0.15, 0.2) is 5.43 Å². The number of aliphatic hydroxyl groups excluding tert-OH is 1. The molecule has 1 heterocycles. The van der Waals surface area contributed by atoms with E-state index in [9.17, 15) is 4.79 Å². The van der Waals surface area contributed by atoms with E-state index in [0.717, 1.165) is 18.4 Å². The first-order chi connectivity index (χ1) is 10.8. The zero-order valence-electron chi connectivity index (χ0n) is 12.7. The van der Waals surface area contributed by atoms with Gasteiger partial charge in [-0.25, -0.2) is 0 Å². The van der Waals surface area contributed by atoms with Crippen LogP contribution in [-0.4, -0.2) is 11.7 Å². The Labute approximate surface area is 129 Å². The van der Waals surface area contributed by atoms with Crippen LogP contribution >= 0.6 is 0 Å². The van der Waals surface area contributed by atoms with Gasteiger partial charge in [0.1, 0.15) is 11.3 Å². The standard InChI is InChI=1S/C15H10O2.C4H10O/c16-13-10-15(11-6-2-1-3-7-11)17-14-9-5-4-8-12(13)14;1-2-3-4-5/h1-10H;5H,2-4H2,1H3. The number of para-hydroxylation sites is 1.